The zero-order valence-corrected chi connectivity index (χ0v) is 27.3. The van der Waals surface area contributed by atoms with Crippen molar-refractivity contribution in [1.29, 1.82) is 0 Å². The topological polar surface area (TPSA) is 26.0 Å². The van der Waals surface area contributed by atoms with Gasteiger partial charge in [0.15, 0.2) is 0 Å². The molecule has 0 aliphatic carbocycles. The van der Waals surface area contributed by atoms with Crippen LogP contribution in [0.1, 0.15) is 128 Å². The van der Waals surface area contributed by atoms with Gasteiger partial charge in [0.1, 0.15) is 0 Å². The van der Waals surface area contributed by atoms with Crippen LogP contribution in [-0.4, -0.2) is 5.54 Å². The van der Waals surface area contributed by atoms with Crippen molar-refractivity contribution in [1.82, 2.24) is 0 Å². The summed E-state index contributed by atoms with van der Waals surface area (Å²) in [5.74, 6) is 7.86. The molecule has 0 aromatic heterocycles. The van der Waals surface area contributed by atoms with Gasteiger partial charge in [0.2, 0.25) is 0 Å². The molecule has 0 heterocycles. The molecule has 0 radical (unpaired) electrons. The average Bonchev–Trinajstić information content (AvgIpc) is 2.70. The molecule has 1 rings (SSSR count). The fourth-order valence-electron chi connectivity index (χ4n) is 7.30. The van der Waals surface area contributed by atoms with Crippen LogP contribution in [0, 0.1) is 50.8 Å². The van der Waals surface area contributed by atoms with Crippen molar-refractivity contribution in [3.8, 4) is 11.8 Å². The van der Waals surface area contributed by atoms with Gasteiger partial charge in [-0.1, -0.05) is 138 Å². The summed E-state index contributed by atoms with van der Waals surface area (Å²) in [5, 5.41) is 0. The summed E-state index contributed by atoms with van der Waals surface area (Å²) in [7, 11) is 0. The molecular formula is C36H61N. The maximum Gasteiger partial charge on any atom is 0.0441 e. The first-order valence-electron chi connectivity index (χ1n) is 14.4. The van der Waals surface area contributed by atoms with Gasteiger partial charge in [0, 0.05) is 17.9 Å². The highest BCUT2D eigenvalue weighted by Gasteiger charge is 2.58. The standard InChI is InChI=1S/C36H61N/c1-17-18-24-29(34(12,13)35(14,15)30(26(2)3)32(7,8)9)36(16,37)33(10,11)28(25-31(4,5)6)27-22-20-19-21-23-27/h19-23,28-30H,2,17,25,37H2,1,3-16H3. The summed E-state index contributed by atoms with van der Waals surface area (Å²) in [6.45, 7) is 39.6. The quantitative estimate of drug-likeness (QED) is 0.261. The van der Waals surface area contributed by atoms with Crippen LogP contribution >= 0.6 is 0 Å². The lowest BCUT2D eigenvalue weighted by Crippen LogP contribution is -2.64. The molecule has 0 fully saturated rings. The van der Waals surface area contributed by atoms with Gasteiger partial charge >= 0.3 is 0 Å². The lowest BCUT2D eigenvalue weighted by molar-refractivity contribution is -0.0659. The Morgan fingerprint density at radius 1 is 0.811 bits per heavy atom. The van der Waals surface area contributed by atoms with Gasteiger partial charge in [-0.25, -0.2) is 0 Å². The maximum atomic E-state index is 7.68. The molecule has 0 spiro atoms. The largest absolute Gasteiger partial charge is 0.324 e. The van der Waals surface area contributed by atoms with Crippen molar-refractivity contribution in [2.45, 2.75) is 128 Å². The van der Waals surface area contributed by atoms with Gasteiger partial charge in [-0.15, -0.1) is 5.92 Å². The molecule has 1 heteroatoms. The van der Waals surface area contributed by atoms with Crippen LogP contribution in [0.2, 0.25) is 0 Å². The van der Waals surface area contributed by atoms with E-state index in [-0.39, 0.29) is 33.0 Å². The number of rotatable bonds is 9. The van der Waals surface area contributed by atoms with Gasteiger partial charge < -0.3 is 5.73 Å². The average molecular weight is 508 g/mol. The second kappa shape index (κ2) is 11.3. The van der Waals surface area contributed by atoms with E-state index >= 15 is 0 Å². The second-order valence-corrected chi connectivity index (χ2v) is 15.9. The first kappa shape index (κ1) is 33.5. The zero-order chi connectivity index (χ0) is 29.3. The van der Waals surface area contributed by atoms with E-state index in [9.17, 15) is 0 Å². The number of hydrogen-bond acceptors (Lipinski definition) is 1. The fourth-order valence-corrected chi connectivity index (χ4v) is 7.30. The van der Waals surface area contributed by atoms with Gasteiger partial charge in [-0.05, 0) is 64.7 Å². The minimum absolute atomic E-state index is 0.0136. The Kier molecular flexibility index (Phi) is 10.2. The van der Waals surface area contributed by atoms with Gasteiger partial charge in [0.25, 0.3) is 0 Å². The Bertz CT molecular complexity index is 948. The summed E-state index contributed by atoms with van der Waals surface area (Å²) in [6, 6.07) is 11.0. The molecular weight excluding hydrogens is 446 g/mol. The minimum Gasteiger partial charge on any atom is -0.324 e. The van der Waals surface area contributed by atoms with Crippen LogP contribution in [0.5, 0.6) is 0 Å². The van der Waals surface area contributed by atoms with Crippen LogP contribution in [0.15, 0.2) is 42.5 Å². The fraction of sp³-hybridized carbons (Fsp3) is 0.722. The predicted octanol–water partition coefficient (Wildman–Crippen LogP) is 10.3. The molecule has 4 unspecified atom stereocenters. The molecule has 0 saturated carbocycles. The number of hydrogen-bond donors (Lipinski definition) is 1. The summed E-state index contributed by atoms with van der Waals surface area (Å²) < 4.78 is 0. The third kappa shape index (κ3) is 7.12. The lowest BCUT2D eigenvalue weighted by atomic mass is 9.45. The van der Waals surface area contributed by atoms with Crippen LogP contribution in [0.25, 0.3) is 0 Å². The molecule has 1 nitrogen and oxygen atoms in total. The maximum absolute atomic E-state index is 7.68. The summed E-state index contributed by atoms with van der Waals surface area (Å²) in [6.07, 6.45) is 1.89. The predicted molar refractivity (Wildman–Crippen MR) is 167 cm³/mol. The molecule has 0 bridgehead atoms. The third-order valence-corrected chi connectivity index (χ3v) is 9.76. The smallest absolute Gasteiger partial charge is 0.0441 e. The molecule has 0 saturated heterocycles. The highest BCUT2D eigenvalue weighted by Crippen LogP contribution is 2.61. The molecule has 0 aliphatic rings. The minimum atomic E-state index is -0.556. The van der Waals surface area contributed by atoms with E-state index in [0.29, 0.717) is 11.8 Å². The van der Waals surface area contributed by atoms with E-state index in [4.69, 9.17) is 5.73 Å². The number of nitrogens with two attached hydrogens (primary N) is 1. The lowest BCUT2D eigenvalue weighted by Gasteiger charge is -2.60. The molecule has 0 aliphatic heterocycles. The Labute approximate surface area is 232 Å². The van der Waals surface area contributed by atoms with E-state index in [1.54, 1.807) is 0 Å². The van der Waals surface area contributed by atoms with Crippen LogP contribution in [0.3, 0.4) is 0 Å². The van der Waals surface area contributed by atoms with Gasteiger partial charge in [-0.3, -0.25) is 0 Å². The van der Waals surface area contributed by atoms with Crippen LogP contribution in [0.4, 0.5) is 0 Å². The van der Waals surface area contributed by atoms with Gasteiger partial charge in [-0.2, -0.15) is 0 Å². The normalized spacial score (nSPS) is 17.7. The van der Waals surface area contributed by atoms with Gasteiger partial charge in [0.05, 0.1) is 0 Å². The summed E-state index contributed by atoms with van der Waals surface area (Å²) in [4.78, 5) is 0. The molecule has 4 atom stereocenters. The van der Waals surface area contributed by atoms with Crippen LogP contribution < -0.4 is 5.73 Å². The molecule has 2 N–H and O–H groups in total. The van der Waals surface area contributed by atoms with Crippen LogP contribution in [-0.2, 0) is 0 Å². The Morgan fingerprint density at radius 2 is 1.30 bits per heavy atom. The van der Waals surface area contributed by atoms with Crippen molar-refractivity contribution < 1.29 is 0 Å². The first-order valence-corrected chi connectivity index (χ1v) is 14.4. The first-order chi connectivity index (χ1) is 16.5. The highest BCUT2D eigenvalue weighted by molar-refractivity contribution is 5.28. The van der Waals surface area contributed by atoms with Crippen molar-refractivity contribution in [2.75, 3.05) is 0 Å². The van der Waals surface area contributed by atoms with Crippen molar-refractivity contribution in [3.05, 3.63) is 48.0 Å². The monoisotopic (exact) mass is 507 g/mol. The van der Waals surface area contributed by atoms with Crippen molar-refractivity contribution >= 4 is 0 Å². The van der Waals surface area contributed by atoms with E-state index in [0.717, 1.165) is 12.8 Å². The Balaban J connectivity index is 3.89. The Hall–Kier alpha value is -1.52. The molecule has 1 aromatic carbocycles. The third-order valence-electron chi connectivity index (χ3n) is 9.76. The second-order valence-electron chi connectivity index (χ2n) is 15.9. The molecule has 210 valence electrons. The van der Waals surface area contributed by atoms with Crippen molar-refractivity contribution in [3.63, 3.8) is 0 Å². The van der Waals surface area contributed by atoms with E-state index < -0.39 is 5.54 Å². The summed E-state index contributed by atoms with van der Waals surface area (Å²) in [5.41, 5.74) is 9.48. The van der Waals surface area contributed by atoms with Crippen molar-refractivity contribution in [2.24, 2.45) is 44.6 Å². The molecule has 0 amide bonds. The molecule has 1 aromatic rings. The van der Waals surface area contributed by atoms with E-state index in [1.807, 2.05) is 0 Å². The Morgan fingerprint density at radius 3 is 1.68 bits per heavy atom. The zero-order valence-electron chi connectivity index (χ0n) is 27.3. The van der Waals surface area contributed by atoms with E-state index in [1.165, 1.54) is 11.1 Å². The number of allylic oxidation sites excluding steroid dienone is 1. The van der Waals surface area contributed by atoms with E-state index in [2.05, 4.69) is 153 Å². The summed E-state index contributed by atoms with van der Waals surface area (Å²) >= 11 is 0. The SMILES string of the molecule is C=C(C)C(C(C)(C)C)C(C)(C)C(C)(C)C(C#CCC)C(C)(N)C(C)(C)C(CC(C)(C)C)c1ccccc1. The number of benzene rings is 1. The highest BCUT2D eigenvalue weighted by atomic mass is 14.8. The molecule has 37 heavy (non-hydrogen) atoms.